The predicted octanol–water partition coefficient (Wildman–Crippen LogP) is 2.77. The fraction of sp³-hybridized carbons (Fsp3) is 0.375. The van der Waals surface area contributed by atoms with Gasteiger partial charge in [-0.15, -0.1) is 0 Å². The number of imidazole rings is 1. The third-order valence-electron chi connectivity index (χ3n) is 4.22. The van der Waals surface area contributed by atoms with Crippen molar-refractivity contribution in [1.82, 2.24) is 9.97 Å². The van der Waals surface area contributed by atoms with Gasteiger partial charge in [0.1, 0.15) is 0 Å². The Kier molecular flexibility index (Phi) is 3.30. The largest absolute Gasteiger partial charge is 0.348 e. The number of hydrogen-bond acceptors (Lipinski definition) is 2. The quantitative estimate of drug-likeness (QED) is 0.880. The van der Waals surface area contributed by atoms with Crippen molar-refractivity contribution < 1.29 is 4.79 Å². The zero-order valence-corrected chi connectivity index (χ0v) is 11.9. The highest BCUT2D eigenvalue weighted by atomic mass is 16.1. The Morgan fingerprint density at radius 2 is 2.25 bits per heavy atom. The Morgan fingerprint density at radius 3 is 3.10 bits per heavy atom. The second-order valence-electron chi connectivity index (χ2n) is 5.50. The zero-order valence-electron chi connectivity index (χ0n) is 11.9. The van der Waals surface area contributed by atoms with E-state index in [-0.39, 0.29) is 11.8 Å². The lowest BCUT2D eigenvalue weighted by atomic mass is 9.89. The van der Waals surface area contributed by atoms with Crippen molar-refractivity contribution in [2.24, 2.45) is 5.92 Å². The van der Waals surface area contributed by atoms with E-state index in [2.05, 4.69) is 28.3 Å². The van der Waals surface area contributed by atoms with Crippen LogP contribution in [-0.2, 0) is 17.6 Å². The number of hydrogen-bond donors (Lipinski definition) is 2. The number of H-pyrrole nitrogens is 1. The Morgan fingerprint density at radius 1 is 1.40 bits per heavy atom. The average Bonchev–Trinajstić information content (AvgIpc) is 2.91. The molecule has 1 heterocycles. The molecule has 2 aromatic rings. The monoisotopic (exact) mass is 269 g/mol. The smallest absolute Gasteiger partial charge is 0.227 e. The zero-order chi connectivity index (χ0) is 14.1. The molecule has 0 fully saturated rings. The molecule has 0 aliphatic heterocycles. The first-order chi connectivity index (χ1) is 9.65. The second-order valence-corrected chi connectivity index (χ2v) is 5.50. The molecule has 20 heavy (non-hydrogen) atoms. The summed E-state index contributed by atoms with van der Waals surface area (Å²) in [5.41, 5.74) is 5.48. The molecule has 1 amide bonds. The summed E-state index contributed by atoms with van der Waals surface area (Å²) in [6.45, 7) is 4.10. The molecule has 1 aliphatic rings. The van der Waals surface area contributed by atoms with Crippen LogP contribution in [0.4, 0.5) is 5.69 Å². The van der Waals surface area contributed by atoms with Crippen molar-refractivity contribution in [3.8, 4) is 0 Å². The molecule has 104 valence electrons. The molecule has 2 N–H and O–H groups in total. The summed E-state index contributed by atoms with van der Waals surface area (Å²) >= 11 is 0. The molecule has 1 atom stereocenters. The van der Waals surface area contributed by atoms with Gasteiger partial charge in [0.25, 0.3) is 0 Å². The Hall–Kier alpha value is -2.10. The van der Waals surface area contributed by atoms with Gasteiger partial charge in [0.15, 0.2) is 0 Å². The first-order valence-electron chi connectivity index (χ1n) is 7.03. The van der Waals surface area contributed by atoms with Crippen LogP contribution in [0.3, 0.4) is 0 Å². The van der Waals surface area contributed by atoms with Gasteiger partial charge >= 0.3 is 0 Å². The SMILES string of the molecule is Cc1cccc(NC(=O)C2CCc3nc[nH]c3C2)c1C. The normalized spacial score (nSPS) is 17.6. The van der Waals surface area contributed by atoms with E-state index in [4.69, 9.17) is 0 Å². The number of aryl methyl sites for hydroxylation is 2. The van der Waals surface area contributed by atoms with E-state index in [1.54, 1.807) is 6.33 Å². The lowest BCUT2D eigenvalue weighted by Crippen LogP contribution is -2.28. The number of rotatable bonds is 2. The van der Waals surface area contributed by atoms with E-state index in [9.17, 15) is 4.79 Å². The van der Waals surface area contributed by atoms with Crippen LogP contribution in [0.15, 0.2) is 24.5 Å². The van der Waals surface area contributed by atoms with Crippen LogP contribution >= 0.6 is 0 Å². The van der Waals surface area contributed by atoms with Crippen LogP contribution in [0.1, 0.15) is 28.9 Å². The number of anilines is 1. The number of aromatic nitrogens is 2. The number of carbonyl (C=O) groups excluding carboxylic acids is 1. The molecule has 0 spiro atoms. The average molecular weight is 269 g/mol. The molecule has 3 rings (SSSR count). The van der Waals surface area contributed by atoms with Crippen molar-refractivity contribution in [2.75, 3.05) is 5.32 Å². The van der Waals surface area contributed by atoms with E-state index >= 15 is 0 Å². The Balaban J connectivity index is 1.73. The molecule has 0 saturated carbocycles. The second kappa shape index (κ2) is 5.12. The van der Waals surface area contributed by atoms with Gasteiger partial charge in [-0.05, 0) is 43.9 Å². The molecule has 0 radical (unpaired) electrons. The van der Waals surface area contributed by atoms with Crippen LogP contribution in [0.25, 0.3) is 0 Å². The fourth-order valence-corrected chi connectivity index (χ4v) is 2.75. The number of carbonyl (C=O) groups is 1. The minimum absolute atomic E-state index is 0.0304. The molecule has 1 aliphatic carbocycles. The Bertz CT molecular complexity index is 645. The molecule has 0 bridgehead atoms. The van der Waals surface area contributed by atoms with E-state index < -0.39 is 0 Å². The summed E-state index contributed by atoms with van der Waals surface area (Å²) in [5.74, 6) is 0.141. The number of amides is 1. The topological polar surface area (TPSA) is 57.8 Å². The van der Waals surface area contributed by atoms with Gasteiger partial charge in [-0.3, -0.25) is 4.79 Å². The summed E-state index contributed by atoms with van der Waals surface area (Å²) in [4.78, 5) is 19.8. The highest BCUT2D eigenvalue weighted by molar-refractivity contribution is 5.93. The van der Waals surface area contributed by atoms with Crippen LogP contribution in [0.5, 0.6) is 0 Å². The van der Waals surface area contributed by atoms with Gasteiger partial charge < -0.3 is 10.3 Å². The summed E-state index contributed by atoms with van der Waals surface area (Å²) < 4.78 is 0. The maximum Gasteiger partial charge on any atom is 0.227 e. The van der Waals surface area contributed by atoms with Crippen LogP contribution in [0.2, 0.25) is 0 Å². The molecule has 0 saturated heterocycles. The summed E-state index contributed by atoms with van der Waals surface area (Å²) in [6.07, 6.45) is 4.22. The van der Waals surface area contributed by atoms with Gasteiger partial charge in [-0.25, -0.2) is 4.98 Å². The lowest BCUT2D eigenvalue weighted by molar-refractivity contribution is -0.120. The number of fused-ring (bicyclic) bond motifs is 1. The molecule has 1 unspecified atom stereocenters. The number of nitrogens with zero attached hydrogens (tertiary/aromatic N) is 1. The van der Waals surface area contributed by atoms with Crippen molar-refractivity contribution in [1.29, 1.82) is 0 Å². The van der Waals surface area contributed by atoms with Crippen LogP contribution in [-0.4, -0.2) is 15.9 Å². The van der Waals surface area contributed by atoms with E-state index in [0.29, 0.717) is 0 Å². The summed E-state index contributed by atoms with van der Waals surface area (Å²) in [6, 6.07) is 6.00. The minimum atomic E-state index is 0.0304. The third-order valence-corrected chi connectivity index (χ3v) is 4.22. The van der Waals surface area contributed by atoms with Crippen molar-refractivity contribution in [2.45, 2.75) is 33.1 Å². The van der Waals surface area contributed by atoms with Gasteiger partial charge in [0.2, 0.25) is 5.91 Å². The van der Waals surface area contributed by atoms with E-state index in [0.717, 1.165) is 41.9 Å². The molecule has 4 heteroatoms. The van der Waals surface area contributed by atoms with Crippen molar-refractivity contribution in [3.05, 3.63) is 47.0 Å². The van der Waals surface area contributed by atoms with E-state index in [1.807, 2.05) is 19.1 Å². The minimum Gasteiger partial charge on any atom is -0.348 e. The van der Waals surface area contributed by atoms with Gasteiger partial charge in [0, 0.05) is 23.7 Å². The van der Waals surface area contributed by atoms with Gasteiger partial charge in [-0.2, -0.15) is 0 Å². The fourth-order valence-electron chi connectivity index (χ4n) is 2.75. The van der Waals surface area contributed by atoms with E-state index in [1.165, 1.54) is 5.56 Å². The third kappa shape index (κ3) is 2.33. The highest BCUT2D eigenvalue weighted by Gasteiger charge is 2.26. The molecular weight excluding hydrogens is 250 g/mol. The van der Waals surface area contributed by atoms with Crippen molar-refractivity contribution in [3.63, 3.8) is 0 Å². The highest BCUT2D eigenvalue weighted by Crippen LogP contribution is 2.25. The maximum atomic E-state index is 12.4. The standard InChI is InChI=1S/C16H19N3O/c1-10-4-3-5-13(11(10)2)19-16(20)12-6-7-14-15(8-12)18-9-17-14/h3-5,9,12H,6-8H2,1-2H3,(H,17,18)(H,19,20). The molecule has 1 aromatic carbocycles. The first-order valence-corrected chi connectivity index (χ1v) is 7.03. The summed E-state index contributed by atoms with van der Waals surface area (Å²) in [5, 5.41) is 3.07. The maximum absolute atomic E-state index is 12.4. The van der Waals surface area contributed by atoms with Crippen LogP contribution in [0, 0.1) is 19.8 Å². The first kappa shape index (κ1) is 12.9. The van der Waals surface area contributed by atoms with Crippen molar-refractivity contribution >= 4 is 11.6 Å². The molecule has 1 aromatic heterocycles. The van der Waals surface area contributed by atoms with Gasteiger partial charge in [-0.1, -0.05) is 12.1 Å². The summed E-state index contributed by atoms with van der Waals surface area (Å²) in [7, 11) is 0. The molecular formula is C16H19N3O. The number of nitrogens with one attached hydrogen (secondary N) is 2. The van der Waals surface area contributed by atoms with Gasteiger partial charge in [0.05, 0.1) is 12.0 Å². The lowest BCUT2D eigenvalue weighted by Gasteiger charge is -2.21. The Labute approximate surface area is 118 Å². The molecule has 4 nitrogen and oxygen atoms in total. The van der Waals surface area contributed by atoms with Crippen LogP contribution < -0.4 is 5.32 Å². The number of benzene rings is 1. The number of aromatic amines is 1. The predicted molar refractivity (Wildman–Crippen MR) is 78.6 cm³/mol.